The van der Waals surface area contributed by atoms with Crippen LogP contribution in [0.4, 0.5) is 4.39 Å². The van der Waals surface area contributed by atoms with Crippen molar-refractivity contribution in [1.29, 1.82) is 0 Å². The summed E-state index contributed by atoms with van der Waals surface area (Å²) in [6.07, 6.45) is 0.0512. The van der Waals surface area contributed by atoms with Crippen LogP contribution in [0.2, 0.25) is 5.02 Å². The number of alkyl halides is 1. The van der Waals surface area contributed by atoms with Gasteiger partial charge in [0, 0.05) is 10.4 Å². The van der Waals surface area contributed by atoms with Crippen molar-refractivity contribution in [3.05, 3.63) is 34.1 Å². The molecule has 0 fully saturated rings. The summed E-state index contributed by atoms with van der Waals surface area (Å²) < 4.78 is 17.7. The molecule has 0 aliphatic heterocycles. The topological polar surface area (TPSA) is 26.3 Å². The molecule has 0 aromatic heterocycles. The molecule has 0 spiro atoms. The molecule has 0 heterocycles. The van der Waals surface area contributed by atoms with Gasteiger partial charge >= 0.3 is 5.97 Å². The van der Waals surface area contributed by atoms with E-state index in [4.69, 9.17) is 11.6 Å². The van der Waals surface area contributed by atoms with Crippen LogP contribution in [-0.2, 0) is 21.3 Å². The van der Waals surface area contributed by atoms with Gasteiger partial charge in [0.15, 0.2) is 0 Å². The number of carbonyl (C=O) groups is 1. The van der Waals surface area contributed by atoms with E-state index < -0.39 is 5.97 Å². The summed E-state index contributed by atoms with van der Waals surface area (Å²) in [5.41, 5.74) is 1.04. The van der Waals surface area contributed by atoms with E-state index in [1.807, 2.05) is 0 Å². The highest BCUT2D eigenvalue weighted by Crippen LogP contribution is 2.23. The second-order valence-corrected chi connectivity index (χ2v) is 3.89. The van der Waals surface area contributed by atoms with Gasteiger partial charge in [-0.3, -0.25) is 4.79 Å². The number of ether oxygens (including phenoxy) is 1. The average Bonchev–Trinajstić information content (AvgIpc) is 2.21. The highest BCUT2D eigenvalue weighted by atomic mass is 79.9. The van der Waals surface area contributed by atoms with Crippen LogP contribution in [0.1, 0.15) is 11.1 Å². The molecule has 0 radical (unpaired) electrons. The first-order chi connectivity index (χ1) is 7.08. The minimum atomic E-state index is -0.399. The number of rotatable bonds is 3. The van der Waals surface area contributed by atoms with Crippen LogP contribution < -0.4 is 0 Å². The van der Waals surface area contributed by atoms with Gasteiger partial charge in [-0.1, -0.05) is 27.5 Å². The number of benzene rings is 1. The van der Waals surface area contributed by atoms with Gasteiger partial charge in [0.05, 0.1) is 13.5 Å². The molecule has 0 saturated carbocycles. The molecule has 2 nitrogen and oxygen atoms in total. The van der Waals surface area contributed by atoms with Crippen LogP contribution in [0, 0.1) is 5.82 Å². The number of halogens is 3. The lowest BCUT2D eigenvalue weighted by Crippen LogP contribution is -2.05. The predicted octanol–water partition coefficient (Wildman–Crippen LogP) is 3.09. The number of esters is 1. The largest absolute Gasteiger partial charge is 0.469 e. The molecule has 1 rings (SSSR count). The van der Waals surface area contributed by atoms with Crippen LogP contribution in [0.3, 0.4) is 0 Å². The first-order valence-corrected chi connectivity index (χ1v) is 5.68. The zero-order valence-corrected chi connectivity index (χ0v) is 10.4. The van der Waals surface area contributed by atoms with Crippen molar-refractivity contribution in [3.8, 4) is 0 Å². The highest BCUT2D eigenvalue weighted by molar-refractivity contribution is 9.08. The molecule has 0 atom stereocenters. The smallest absolute Gasteiger partial charge is 0.310 e. The first kappa shape index (κ1) is 12.5. The lowest BCUT2D eigenvalue weighted by molar-refractivity contribution is -0.139. The van der Waals surface area contributed by atoms with Crippen LogP contribution in [-0.4, -0.2) is 13.1 Å². The minimum absolute atomic E-state index is 0.0512. The summed E-state index contributed by atoms with van der Waals surface area (Å²) in [5.74, 6) is -0.783. The van der Waals surface area contributed by atoms with Crippen molar-refractivity contribution in [3.63, 3.8) is 0 Å². The summed E-state index contributed by atoms with van der Waals surface area (Å²) >= 11 is 8.95. The maximum Gasteiger partial charge on any atom is 0.310 e. The summed E-state index contributed by atoms with van der Waals surface area (Å²) in [5, 5.41) is 0.618. The van der Waals surface area contributed by atoms with Crippen molar-refractivity contribution in [2.75, 3.05) is 7.11 Å². The Morgan fingerprint density at radius 1 is 1.53 bits per heavy atom. The lowest BCUT2D eigenvalue weighted by atomic mass is 10.1. The quantitative estimate of drug-likeness (QED) is 0.633. The van der Waals surface area contributed by atoms with Crippen LogP contribution in [0.25, 0.3) is 0 Å². The predicted molar refractivity (Wildman–Crippen MR) is 59.8 cm³/mol. The van der Waals surface area contributed by atoms with Crippen LogP contribution >= 0.6 is 27.5 Å². The van der Waals surface area contributed by atoms with Crippen LogP contribution in [0.15, 0.2) is 12.1 Å². The van der Waals surface area contributed by atoms with E-state index in [0.717, 1.165) is 0 Å². The summed E-state index contributed by atoms with van der Waals surface area (Å²) in [4.78, 5) is 11.0. The molecule has 0 aliphatic carbocycles. The first-order valence-electron chi connectivity index (χ1n) is 4.18. The average molecular weight is 296 g/mol. The third-order valence-corrected chi connectivity index (χ3v) is 2.88. The van der Waals surface area contributed by atoms with Gasteiger partial charge in [-0.2, -0.15) is 0 Å². The molecule has 1 aromatic rings. The van der Waals surface area contributed by atoms with Gasteiger partial charge in [0.2, 0.25) is 0 Å². The van der Waals surface area contributed by atoms with E-state index in [-0.39, 0.29) is 17.3 Å². The Labute approximate surface area is 101 Å². The maximum absolute atomic E-state index is 13.2. The Morgan fingerprint density at radius 2 is 2.20 bits per heavy atom. The van der Waals surface area contributed by atoms with Crippen molar-refractivity contribution >= 4 is 33.5 Å². The summed E-state index contributed by atoms with van der Waals surface area (Å²) in [6.45, 7) is 0. The van der Waals surface area contributed by atoms with E-state index in [1.54, 1.807) is 6.07 Å². The molecule has 82 valence electrons. The molecular formula is C10H9BrClFO2. The van der Waals surface area contributed by atoms with Crippen molar-refractivity contribution in [2.24, 2.45) is 0 Å². The fourth-order valence-electron chi connectivity index (χ4n) is 1.11. The van der Waals surface area contributed by atoms with E-state index in [2.05, 4.69) is 20.7 Å². The summed E-state index contributed by atoms with van der Waals surface area (Å²) in [7, 11) is 1.30. The van der Waals surface area contributed by atoms with E-state index >= 15 is 0 Å². The van der Waals surface area contributed by atoms with Gasteiger partial charge in [0.25, 0.3) is 0 Å². The van der Waals surface area contributed by atoms with Gasteiger partial charge in [-0.25, -0.2) is 4.39 Å². The van der Waals surface area contributed by atoms with Gasteiger partial charge in [-0.05, 0) is 23.3 Å². The fraction of sp³-hybridized carbons (Fsp3) is 0.300. The standard InChI is InChI=1S/C10H9BrClFO2/c1-15-10(14)3-6-2-7(5-11)9(13)4-8(6)12/h2,4H,3,5H2,1H3. The number of hydrogen-bond donors (Lipinski definition) is 0. The molecule has 0 N–H and O–H groups in total. The Morgan fingerprint density at radius 3 is 2.73 bits per heavy atom. The maximum atomic E-state index is 13.2. The molecule has 1 aromatic carbocycles. The van der Waals surface area contributed by atoms with Crippen molar-refractivity contribution in [2.45, 2.75) is 11.8 Å². The highest BCUT2D eigenvalue weighted by Gasteiger charge is 2.11. The number of carbonyl (C=O) groups excluding carboxylic acids is 1. The summed E-state index contributed by atoms with van der Waals surface area (Å²) in [6, 6.07) is 2.76. The second kappa shape index (κ2) is 5.47. The van der Waals surface area contributed by atoms with E-state index in [0.29, 0.717) is 16.5 Å². The number of methoxy groups -OCH3 is 1. The Bertz CT molecular complexity index is 382. The van der Waals surface area contributed by atoms with E-state index in [9.17, 15) is 9.18 Å². The van der Waals surface area contributed by atoms with Gasteiger partial charge in [-0.15, -0.1) is 0 Å². The molecule has 0 saturated heterocycles. The zero-order valence-electron chi connectivity index (χ0n) is 8.02. The second-order valence-electron chi connectivity index (χ2n) is 2.92. The zero-order chi connectivity index (χ0) is 11.4. The fourth-order valence-corrected chi connectivity index (χ4v) is 1.76. The number of hydrogen-bond acceptors (Lipinski definition) is 2. The molecule has 0 unspecified atom stereocenters. The lowest BCUT2D eigenvalue weighted by Gasteiger charge is -2.06. The van der Waals surface area contributed by atoms with Crippen LogP contribution in [0.5, 0.6) is 0 Å². The molecular weight excluding hydrogens is 286 g/mol. The third-order valence-electron chi connectivity index (χ3n) is 1.92. The van der Waals surface area contributed by atoms with Gasteiger partial charge in [0.1, 0.15) is 5.82 Å². The SMILES string of the molecule is COC(=O)Cc1cc(CBr)c(F)cc1Cl. The molecule has 0 amide bonds. The molecule has 0 aliphatic rings. The van der Waals surface area contributed by atoms with E-state index in [1.165, 1.54) is 13.2 Å². The third kappa shape index (κ3) is 3.18. The van der Waals surface area contributed by atoms with Gasteiger partial charge < -0.3 is 4.74 Å². The Kier molecular flexibility index (Phi) is 4.54. The van der Waals surface area contributed by atoms with Crippen molar-refractivity contribution in [1.82, 2.24) is 0 Å². The molecule has 0 bridgehead atoms. The normalized spacial score (nSPS) is 10.1. The molecule has 5 heteroatoms. The Hall–Kier alpha value is -0.610. The minimum Gasteiger partial charge on any atom is -0.469 e. The Balaban J connectivity index is 3.02. The van der Waals surface area contributed by atoms with Crippen molar-refractivity contribution < 1.29 is 13.9 Å². The monoisotopic (exact) mass is 294 g/mol. The molecule has 15 heavy (non-hydrogen) atoms.